The van der Waals surface area contributed by atoms with Gasteiger partial charge >= 0.3 is 0 Å². The molecule has 1 N–H and O–H groups in total. The van der Waals surface area contributed by atoms with Crippen molar-refractivity contribution in [3.8, 4) is 0 Å². The van der Waals surface area contributed by atoms with Gasteiger partial charge < -0.3 is 5.32 Å². The summed E-state index contributed by atoms with van der Waals surface area (Å²) in [6.07, 6.45) is 0. The number of hydrogen-bond acceptors (Lipinski definition) is 3. The maximum Gasteiger partial charge on any atom is 0.168 e. The topological polar surface area (TPSA) is 46.2 Å². The average molecular weight is 248 g/mol. The first-order valence-electron chi connectivity index (χ1n) is 4.67. The van der Waals surface area contributed by atoms with Gasteiger partial charge in [0.05, 0.1) is 5.75 Å². The third-order valence-corrected chi connectivity index (χ3v) is 4.56. The van der Waals surface area contributed by atoms with Gasteiger partial charge in [-0.25, -0.2) is 8.42 Å². The number of anilines is 1. The first kappa shape index (κ1) is 12.3. The van der Waals surface area contributed by atoms with E-state index < -0.39 is 14.5 Å². The van der Waals surface area contributed by atoms with E-state index in [-0.39, 0.29) is 5.75 Å². The Bertz CT molecular complexity index is 389. The van der Waals surface area contributed by atoms with Crippen LogP contribution in [0.1, 0.15) is 6.92 Å². The highest BCUT2D eigenvalue weighted by molar-refractivity contribution is 7.93. The minimum absolute atomic E-state index is 0.0482. The summed E-state index contributed by atoms with van der Waals surface area (Å²) in [6.45, 7) is 1.85. The average Bonchev–Trinajstić information content (AvgIpc) is 2.19. The lowest BCUT2D eigenvalue weighted by Gasteiger charge is -2.08. The largest absolute Gasteiger partial charge is 0.384 e. The molecule has 0 amide bonds. The Labute approximate surface area is 95.4 Å². The molecule has 0 bridgehead atoms. The lowest BCUT2D eigenvalue weighted by atomic mass is 10.3. The summed E-state index contributed by atoms with van der Waals surface area (Å²) in [5, 5.41) is 3.02. The standard InChI is InChI=1S/C10H14ClNO2S/c1-9(11)15(13,14)8-7-12-10-5-3-2-4-6-10/h2-6,9,12H,7-8H2,1H3. The van der Waals surface area contributed by atoms with Crippen LogP contribution >= 0.6 is 11.6 Å². The maximum absolute atomic E-state index is 11.3. The van der Waals surface area contributed by atoms with Gasteiger partial charge in [-0.05, 0) is 19.1 Å². The van der Waals surface area contributed by atoms with Crippen LogP contribution in [0.5, 0.6) is 0 Å². The van der Waals surface area contributed by atoms with Crippen LogP contribution < -0.4 is 5.32 Å². The molecule has 0 heterocycles. The first-order valence-corrected chi connectivity index (χ1v) is 6.82. The molecule has 0 spiro atoms. The van der Waals surface area contributed by atoms with Crippen LogP contribution in [0.15, 0.2) is 30.3 Å². The van der Waals surface area contributed by atoms with Gasteiger partial charge in [-0.1, -0.05) is 18.2 Å². The van der Waals surface area contributed by atoms with Crippen LogP contribution in [0.2, 0.25) is 0 Å². The highest BCUT2D eigenvalue weighted by Gasteiger charge is 2.16. The number of benzene rings is 1. The fraction of sp³-hybridized carbons (Fsp3) is 0.400. The van der Waals surface area contributed by atoms with E-state index in [1.54, 1.807) is 0 Å². The summed E-state index contributed by atoms with van der Waals surface area (Å²) in [4.78, 5) is 0. The van der Waals surface area contributed by atoms with E-state index in [0.717, 1.165) is 5.69 Å². The second-order valence-electron chi connectivity index (χ2n) is 3.20. The predicted octanol–water partition coefficient (Wildman–Crippen LogP) is 2.10. The molecule has 1 aromatic rings. The van der Waals surface area contributed by atoms with Crippen LogP contribution in [0.25, 0.3) is 0 Å². The molecule has 5 heteroatoms. The predicted molar refractivity (Wildman–Crippen MR) is 64.0 cm³/mol. The SMILES string of the molecule is CC(Cl)S(=O)(=O)CCNc1ccccc1. The summed E-state index contributed by atoms with van der Waals surface area (Å²) in [6, 6.07) is 9.46. The smallest absolute Gasteiger partial charge is 0.168 e. The van der Waals surface area contributed by atoms with E-state index in [0.29, 0.717) is 6.54 Å². The fourth-order valence-electron chi connectivity index (χ4n) is 1.06. The molecule has 0 aromatic heterocycles. The summed E-state index contributed by atoms with van der Waals surface area (Å²) >= 11 is 5.54. The third kappa shape index (κ3) is 4.10. The molecule has 0 aliphatic rings. The van der Waals surface area contributed by atoms with Gasteiger partial charge in [0.1, 0.15) is 4.71 Å². The Morgan fingerprint density at radius 1 is 1.33 bits per heavy atom. The zero-order valence-corrected chi connectivity index (χ0v) is 10.1. The van der Waals surface area contributed by atoms with Crippen LogP contribution in [-0.2, 0) is 9.84 Å². The Morgan fingerprint density at radius 2 is 1.93 bits per heavy atom. The molecular weight excluding hydrogens is 234 g/mol. The van der Waals surface area contributed by atoms with Crippen molar-refractivity contribution in [1.29, 1.82) is 0 Å². The van der Waals surface area contributed by atoms with Crippen molar-refractivity contribution in [3.63, 3.8) is 0 Å². The van der Waals surface area contributed by atoms with Crippen LogP contribution in [0.3, 0.4) is 0 Å². The van der Waals surface area contributed by atoms with Crippen LogP contribution in [0, 0.1) is 0 Å². The second kappa shape index (κ2) is 5.37. The number of nitrogens with one attached hydrogen (secondary N) is 1. The van der Waals surface area contributed by atoms with E-state index in [1.807, 2.05) is 30.3 Å². The minimum atomic E-state index is -3.17. The van der Waals surface area contributed by atoms with Crippen LogP contribution in [0.4, 0.5) is 5.69 Å². The van der Waals surface area contributed by atoms with E-state index in [1.165, 1.54) is 6.92 Å². The molecule has 1 rings (SSSR count). The molecule has 0 aliphatic heterocycles. The Morgan fingerprint density at radius 3 is 2.47 bits per heavy atom. The molecule has 0 radical (unpaired) electrons. The highest BCUT2D eigenvalue weighted by atomic mass is 35.5. The molecule has 0 fully saturated rings. The summed E-state index contributed by atoms with van der Waals surface area (Å²) in [5.74, 6) is 0.0482. The van der Waals surface area contributed by atoms with Crippen molar-refractivity contribution < 1.29 is 8.42 Å². The summed E-state index contributed by atoms with van der Waals surface area (Å²) < 4.78 is 21.9. The molecule has 1 unspecified atom stereocenters. The molecule has 0 aliphatic carbocycles. The summed E-state index contributed by atoms with van der Waals surface area (Å²) in [7, 11) is -3.17. The van der Waals surface area contributed by atoms with Gasteiger partial charge in [0.2, 0.25) is 0 Å². The number of rotatable bonds is 5. The molecule has 0 saturated carbocycles. The Hall–Kier alpha value is -0.740. The third-order valence-electron chi connectivity index (χ3n) is 1.98. The van der Waals surface area contributed by atoms with Crippen molar-refractivity contribution in [1.82, 2.24) is 0 Å². The van der Waals surface area contributed by atoms with Gasteiger partial charge in [0.25, 0.3) is 0 Å². The summed E-state index contributed by atoms with van der Waals surface area (Å²) in [5.41, 5.74) is 0.912. The van der Waals surface area contributed by atoms with Crippen molar-refractivity contribution in [2.24, 2.45) is 0 Å². The molecule has 1 atom stereocenters. The van der Waals surface area contributed by atoms with Gasteiger partial charge in [-0.3, -0.25) is 0 Å². The number of hydrogen-bond donors (Lipinski definition) is 1. The molecular formula is C10H14ClNO2S. The molecule has 84 valence electrons. The highest BCUT2D eigenvalue weighted by Crippen LogP contribution is 2.08. The number of para-hydroxylation sites is 1. The van der Waals surface area contributed by atoms with Crippen molar-refractivity contribution >= 4 is 27.1 Å². The maximum atomic E-state index is 11.3. The molecule has 3 nitrogen and oxygen atoms in total. The molecule has 1 aromatic carbocycles. The second-order valence-corrected chi connectivity index (χ2v) is 6.56. The lowest BCUT2D eigenvalue weighted by Crippen LogP contribution is -2.21. The van der Waals surface area contributed by atoms with E-state index >= 15 is 0 Å². The quantitative estimate of drug-likeness (QED) is 0.811. The molecule has 0 saturated heterocycles. The normalized spacial score (nSPS) is 13.5. The zero-order valence-electron chi connectivity index (χ0n) is 8.48. The van der Waals surface area contributed by atoms with Crippen molar-refractivity contribution in [3.05, 3.63) is 30.3 Å². The van der Waals surface area contributed by atoms with Gasteiger partial charge in [-0.2, -0.15) is 0 Å². The fourth-order valence-corrected chi connectivity index (χ4v) is 2.03. The van der Waals surface area contributed by atoms with Gasteiger partial charge in [0.15, 0.2) is 9.84 Å². The Kier molecular flexibility index (Phi) is 4.42. The van der Waals surface area contributed by atoms with E-state index in [9.17, 15) is 8.42 Å². The minimum Gasteiger partial charge on any atom is -0.384 e. The number of sulfone groups is 1. The van der Waals surface area contributed by atoms with Crippen molar-refractivity contribution in [2.75, 3.05) is 17.6 Å². The number of alkyl halides is 1. The van der Waals surface area contributed by atoms with E-state index in [4.69, 9.17) is 11.6 Å². The van der Waals surface area contributed by atoms with Gasteiger partial charge in [0, 0.05) is 12.2 Å². The van der Waals surface area contributed by atoms with Crippen LogP contribution in [-0.4, -0.2) is 25.4 Å². The number of halogens is 1. The first-order chi connectivity index (χ1) is 7.02. The Balaban J connectivity index is 2.41. The zero-order chi connectivity index (χ0) is 11.3. The lowest BCUT2D eigenvalue weighted by molar-refractivity contribution is 0.595. The van der Waals surface area contributed by atoms with E-state index in [2.05, 4.69) is 5.32 Å². The monoisotopic (exact) mass is 247 g/mol. The molecule has 15 heavy (non-hydrogen) atoms. The van der Waals surface area contributed by atoms with Gasteiger partial charge in [-0.15, -0.1) is 11.6 Å². The van der Waals surface area contributed by atoms with Crippen molar-refractivity contribution in [2.45, 2.75) is 11.6 Å².